The average molecular weight is 124 g/mol. The third-order valence-corrected chi connectivity index (χ3v) is 0.967. The zero-order valence-corrected chi connectivity index (χ0v) is 4.65. The van der Waals surface area contributed by atoms with Crippen LogP contribution in [-0.4, -0.2) is 4.92 Å². The van der Waals surface area contributed by atoms with E-state index in [1.807, 2.05) is 0 Å². The summed E-state index contributed by atoms with van der Waals surface area (Å²) in [5, 5.41) is 10.0. The Balaban J connectivity index is 2.98. The lowest BCUT2D eigenvalue weighted by atomic mass is 10.3. The van der Waals surface area contributed by atoms with Gasteiger partial charge in [0.05, 0.1) is 4.92 Å². The van der Waals surface area contributed by atoms with Crippen molar-refractivity contribution >= 4 is 5.69 Å². The van der Waals surface area contributed by atoms with E-state index in [4.69, 9.17) is 0 Å². The Morgan fingerprint density at radius 2 is 1.78 bits per heavy atom. The second kappa shape index (κ2) is 2.26. The summed E-state index contributed by atoms with van der Waals surface area (Å²) in [4.78, 5) is 9.59. The van der Waals surface area contributed by atoms with Gasteiger partial charge in [-0.1, -0.05) is 18.2 Å². The third kappa shape index (κ3) is 1.25. The first-order valence-corrected chi connectivity index (χ1v) is 2.50. The van der Waals surface area contributed by atoms with Crippen LogP contribution < -0.4 is 0 Å². The molecule has 0 aromatic heterocycles. The van der Waals surface area contributed by atoms with Crippen molar-refractivity contribution in [3.8, 4) is 0 Å². The molecule has 0 radical (unpaired) electrons. The first-order valence-electron chi connectivity index (χ1n) is 2.50. The molecular weight excluding hydrogens is 119 g/mol. The molecule has 0 unspecified atom stereocenters. The summed E-state index contributed by atoms with van der Waals surface area (Å²) in [6.45, 7) is 0. The van der Waals surface area contributed by atoms with Crippen LogP contribution in [0.4, 0.5) is 5.69 Å². The summed E-state index contributed by atoms with van der Waals surface area (Å²) in [6, 6.07) is 7.93. The number of non-ortho nitro benzene ring substituents is 1. The summed E-state index contributed by atoms with van der Waals surface area (Å²) in [7, 11) is 0. The first-order chi connectivity index (χ1) is 4.30. The van der Waals surface area contributed by atoms with Gasteiger partial charge in [0, 0.05) is 12.1 Å². The standard InChI is InChI=1S/C6H5NO2/c8-7(9)6-4-2-1-3-5-6/h1-5H/i7+1. The highest BCUT2D eigenvalue weighted by Crippen LogP contribution is 2.06. The number of benzene rings is 1. The fourth-order valence-electron chi connectivity index (χ4n) is 0.550. The normalized spacial score (nSPS) is 8.89. The van der Waals surface area contributed by atoms with Crippen molar-refractivity contribution in [2.75, 3.05) is 0 Å². The van der Waals surface area contributed by atoms with Gasteiger partial charge in [0.1, 0.15) is 0 Å². The Kier molecular flexibility index (Phi) is 1.44. The lowest BCUT2D eigenvalue weighted by molar-refractivity contribution is -0.384. The fraction of sp³-hybridized carbons (Fsp3) is 0. The molecule has 0 atom stereocenters. The number of hydrogen-bond donors (Lipinski definition) is 0. The second-order valence-corrected chi connectivity index (χ2v) is 1.59. The molecule has 0 bridgehead atoms. The molecule has 0 amide bonds. The van der Waals surface area contributed by atoms with E-state index < -0.39 is 4.92 Å². The highest BCUT2D eigenvalue weighted by atomic mass is 16.9. The zero-order chi connectivity index (χ0) is 6.69. The minimum atomic E-state index is -0.417. The fourth-order valence-corrected chi connectivity index (χ4v) is 0.550. The van der Waals surface area contributed by atoms with Crippen molar-refractivity contribution in [2.24, 2.45) is 0 Å². The molecule has 1 aromatic rings. The van der Waals surface area contributed by atoms with Crippen LogP contribution in [0.15, 0.2) is 30.3 Å². The maximum Gasteiger partial charge on any atom is 0.269 e. The maximum atomic E-state index is 10.0. The summed E-state index contributed by atoms with van der Waals surface area (Å²) in [6.07, 6.45) is 0. The molecule has 1 rings (SSSR count). The van der Waals surface area contributed by atoms with Gasteiger partial charge in [-0.05, 0) is 0 Å². The van der Waals surface area contributed by atoms with Crippen LogP contribution in [0.2, 0.25) is 0 Å². The van der Waals surface area contributed by atoms with Gasteiger partial charge in [0.25, 0.3) is 5.69 Å². The van der Waals surface area contributed by atoms with Crippen molar-refractivity contribution in [2.45, 2.75) is 0 Å². The maximum absolute atomic E-state index is 10.0. The summed E-state index contributed by atoms with van der Waals surface area (Å²) >= 11 is 0. The Hall–Kier alpha value is -1.38. The van der Waals surface area contributed by atoms with E-state index in [0.717, 1.165) is 0 Å². The van der Waals surface area contributed by atoms with Crippen molar-refractivity contribution in [1.82, 2.24) is 0 Å². The number of nitro groups is 1. The molecule has 0 N–H and O–H groups in total. The van der Waals surface area contributed by atoms with E-state index in [9.17, 15) is 10.1 Å². The SMILES string of the molecule is O=[15N+]([O-])c1ccccc1. The van der Waals surface area contributed by atoms with Gasteiger partial charge in [-0.25, -0.2) is 0 Å². The highest BCUT2D eigenvalue weighted by molar-refractivity contribution is 5.27. The molecule has 3 heteroatoms. The van der Waals surface area contributed by atoms with Gasteiger partial charge in [-0.2, -0.15) is 0 Å². The lowest BCUT2D eigenvalue weighted by Gasteiger charge is -1.85. The Bertz CT molecular complexity index is 208. The number of hydrogen-bond acceptors (Lipinski definition) is 2. The predicted octanol–water partition coefficient (Wildman–Crippen LogP) is 1.59. The number of nitro benzene ring substituents is 1. The minimum Gasteiger partial charge on any atom is -0.258 e. The second-order valence-electron chi connectivity index (χ2n) is 1.59. The van der Waals surface area contributed by atoms with E-state index in [-0.39, 0.29) is 5.69 Å². The van der Waals surface area contributed by atoms with Crippen molar-refractivity contribution in [1.29, 1.82) is 0 Å². The van der Waals surface area contributed by atoms with Gasteiger partial charge >= 0.3 is 0 Å². The van der Waals surface area contributed by atoms with Gasteiger partial charge in [-0.3, -0.25) is 10.1 Å². The Morgan fingerprint density at radius 1 is 1.22 bits per heavy atom. The molecule has 0 saturated heterocycles. The number of rotatable bonds is 1. The van der Waals surface area contributed by atoms with E-state index in [0.29, 0.717) is 0 Å². The largest absolute Gasteiger partial charge is 0.269 e. The van der Waals surface area contributed by atoms with Gasteiger partial charge in [-0.15, -0.1) is 0 Å². The minimum absolute atomic E-state index is 0.137. The number of para-hydroxylation sites is 1. The van der Waals surface area contributed by atoms with E-state index >= 15 is 0 Å². The molecule has 0 saturated carbocycles. The molecule has 0 fully saturated rings. The summed E-state index contributed by atoms with van der Waals surface area (Å²) in [5.74, 6) is 0. The Morgan fingerprint density at radius 3 is 2.11 bits per heavy atom. The molecular formula is C6H5NO2. The van der Waals surface area contributed by atoms with Crippen LogP contribution in [0.3, 0.4) is 0 Å². The van der Waals surface area contributed by atoms with Gasteiger partial charge in [0.2, 0.25) is 0 Å². The number of nitrogens with zero attached hydrogens (tertiary/aromatic N) is 1. The molecule has 0 aliphatic heterocycles. The average Bonchev–Trinajstić information content (AvgIpc) is 1.90. The van der Waals surface area contributed by atoms with Crippen molar-refractivity contribution in [3.63, 3.8) is 0 Å². The van der Waals surface area contributed by atoms with Gasteiger partial charge < -0.3 is 0 Å². The quantitative estimate of drug-likeness (QED) is 0.324. The molecule has 0 spiro atoms. The van der Waals surface area contributed by atoms with Crippen LogP contribution in [0.25, 0.3) is 0 Å². The van der Waals surface area contributed by atoms with E-state index in [1.54, 1.807) is 18.2 Å². The van der Waals surface area contributed by atoms with Crippen LogP contribution in [-0.2, 0) is 0 Å². The van der Waals surface area contributed by atoms with Crippen LogP contribution in [0.5, 0.6) is 0 Å². The van der Waals surface area contributed by atoms with Gasteiger partial charge in [0.15, 0.2) is 0 Å². The molecule has 0 heterocycles. The predicted molar refractivity (Wildman–Crippen MR) is 33.1 cm³/mol. The highest BCUT2D eigenvalue weighted by Gasteiger charge is 1.98. The topological polar surface area (TPSA) is 43.1 Å². The molecule has 0 aliphatic carbocycles. The van der Waals surface area contributed by atoms with Crippen molar-refractivity contribution < 1.29 is 4.92 Å². The van der Waals surface area contributed by atoms with Crippen LogP contribution >= 0.6 is 0 Å². The molecule has 9 heavy (non-hydrogen) atoms. The first kappa shape index (κ1) is 5.75. The summed E-state index contributed by atoms with van der Waals surface area (Å²) < 4.78 is 0. The molecule has 1 aromatic carbocycles. The summed E-state index contributed by atoms with van der Waals surface area (Å²) in [5.41, 5.74) is 0.137. The van der Waals surface area contributed by atoms with Crippen LogP contribution in [0, 0.1) is 10.1 Å². The van der Waals surface area contributed by atoms with Crippen LogP contribution in [0.1, 0.15) is 0 Å². The molecule has 0 aliphatic rings. The third-order valence-electron chi connectivity index (χ3n) is 0.967. The zero-order valence-electron chi connectivity index (χ0n) is 4.65. The molecule has 3 nitrogen and oxygen atoms in total. The van der Waals surface area contributed by atoms with Crippen molar-refractivity contribution in [3.05, 3.63) is 40.4 Å². The van der Waals surface area contributed by atoms with E-state index in [1.165, 1.54) is 12.1 Å². The lowest BCUT2D eigenvalue weighted by Crippen LogP contribution is -1.84. The van der Waals surface area contributed by atoms with E-state index in [2.05, 4.69) is 0 Å². The monoisotopic (exact) mass is 124 g/mol. The smallest absolute Gasteiger partial charge is 0.258 e. The molecule has 46 valence electrons. The Labute approximate surface area is 52.1 Å².